The van der Waals surface area contributed by atoms with Gasteiger partial charge in [-0.05, 0) is 29.3 Å². The zero-order valence-electron chi connectivity index (χ0n) is 9.59. The van der Waals surface area contributed by atoms with Gasteiger partial charge in [-0.25, -0.2) is 0 Å². The summed E-state index contributed by atoms with van der Waals surface area (Å²) in [6.07, 6.45) is 0. The van der Waals surface area contributed by atoms with Crippen LogP contribution in [0.4, 0.5) is 0 Å². The number of nitriles is 1. The minimum Gasteiger partial charge on any atom is -0.297 e. The van der Waals surface area contributed by atoms with E-state index in [9.17, 15) is 0 Å². The second-order valence-electron chi connectivity index (χ2n) is 4.25. The summed E-state index contributed by atoms with van der Waals surface area (Å²) >= 11 is 1.76. The van der Waals surface area contributed by atoms with Gasteiger partial charge in [0.05, 0.1) is 12.1 Å². The van der Waals surface area contributed by atoms with Crippen molar-refractivity contribution in [3.05, 3.63) is 22.4 Å². The van der Waals surface area contributed by atoms with Crippen LogP contribution >= 0.6 is 11.3 Å². The molecular weight excluding hydrogens is 218 g/mol. The molecule has 1 atom stereocenters. The van der Waals surface area contributed by atoms with E-state index >= 15 is 0 Å². The lowest BCUT2D eigenvalue weighted by molar-refractivity contribution is 0.114. The van der Waals surface area contributed by atoms with Crippen molar-refractivity contribution in [3.8, 4) is 6.07 Å². The minimum absolute atomic E-state index is 0.0586. The Balaban J connectivity index is 1.80. The van der Waals surface area contributed by atoms with Crippen LogP contribution in [0.5, 0.6) is 0 Å². The van der Waals surface area contributed by atoms with Gasteiger partial charge in [-0.15, -0.1) is 0 Å². The van der Waals surface area contributed by atoms with Crippen molar-refractivity contribution in [2.75, 3.05) is 26.2 Å². The molecule has 86 valence electrons. The van der Waals surface area contributed by atoms with E-state index in [1.165, 1.54) is 5.56 Å². The Morgan fingerprint density at radius 1 is 1.44 bits per heavy atom. The van der Waals surface area contributed by atoms with Crippen molar-refractivity contribution in [3.63, 3.8) is 0 Å². The van der Waals surface area contributed by atoms with Gasteiger partial charge >= 0.3 is 0 Å². The van der Waals surface area contributed by atoms with Crippen LogP contribution in [0.1, 0.15) is 12.5 Å². The number of rotatable bonds is 3. The van der Waals surface area contributed by atoms with Gasteiger partial charge in [0.25, 0.3) is 0 Å². The standard InChI is InChI=1S/C12H17N3S/c1-11(8-13)15-5-3-14(4-6-15)9-12-2-7-16-10-12/h2,7,10-11H,3-6,9H2,1H3. The average Bonchev–Trinajstić information content (AvgIpc) is 2.82. The van der Waals surface area contributed by atoms with Crippen molar-refractivity contribution in [2.45, 2.75) is 19.5 Å². The van der Waals surface area contributed by atoms with Crippen LogP contribution in [0, 0.1) is 11.3 Å². The molecule has 2 heterocycles. The third kappa shape index (κ3) is 2.82. The van der Waals surface area contributed by atoms with Gasteiger partial charge in [0.2, 0.25) is 0 Å². The zero-order chi connectivity index (χ0) is 11.4. The average molecular weight is 235 g/mol. The van der Waals surface area contributed by atoms with Crippen molar-refractivity contribution in [1.82, 2.24) is 9.80 Å². The first-order valence-corrected chi connectivity index (χ1v) is 6.61. The van der Waals surface area contributed by atoms with Gasteiger partial charge < -0.3 is 0 Å². The predicted octanol–water partition coefficient (Wildman–Crippen LogP) is 1.78. The highest BCUT2D eigenvalue weighted by Crippen LogP contribution is 2.12. The van der Waals surface area contributed by atoms with Crippen molar-refractivity contribution in [2.24, 2.45) is 0 Å². The topological polar surface area (TPSA) is 30.3 Å². The van der Waals surface area contributed by atoms with Gasteiger partial charge in [0.15, 0.2) is 0 Å². The first-order valence-electron chi connectivity index (χ1n) is 5.66. The van der Waals surface area contributed by atoms with Crippen molar-refractivity contribution in [1.29, 1.82) is 5.26 Å². The fourth-order valence-electron chi connectivity index (χ4n) is 2.03. The van der Waals surface area contributed by atoms with Gasteiger partial charge in [-0.2, -0.15) is 16.6 Å². The van der Waals surface area contributed by atoms with Gasteiger partial charge in [-0.3, -0.25) is 9.80 Å². The lowest BCUT2D eigenvalue weighted by atomic mass is 10.2. The number of piperazine rings is 1. The Morgan fingerprint density at radius 2 is 2.19 bits per heavy atom. The Hall–Kier alpha value is -0.890. The summed E-state index contributed by atoms with van der Waals surface area (Å²) in [7, 11) is 0. The first kappa shape index (κ1) is 11.6. The molecule has 0 radical (unpaired) electrons. The molecule has 1 aromatic heterocycles. The smallest absolute Gasteiger partial charge is 0.0950 e. The highest BCUT2D eigenvalue weighted by atomic mass is 32.1. The van der Waals surface area contributed by atoms with Crippen molar-refractivity contribution >= 4 is 11.3 Å². The molecule has 0 amide bonds. The van der Waals surface area contributed by atoms with E-state index in [4.69, 9.17) is 5.26 Å². The Morgan fingerprint density at radius 3 is 2.75 bits per heavy atom. The quantitative estimate of drug-likeness (QED) is 0.800. The SMILES string of the molecule is CC(C#N)N1CCN(Cc2ccsc2)CC1. The van der Waals surface area contributed by atoms with E-state index in [1.807, 2.05) is 6.92 Å². The Bertz CT molecular complexity index is 347. The van der Waals surface area contributed by atoms with E-state index in [1.54, 1.807) is 11.3 Å². The van der Waals surface area contributed by atoms with Crippen LogP contribution in [0.25, 0.3) is 0 Å². The molecule has 0 bridgehead atoms. The third-order valence-corrected chi connectivity index (χ3v) is 3.86. The number of nitrogens with zero attached hydrogens (tertiary/aromatic N) is 3. The largest absolute Gasteiger partial charge is 0.297 e. The summed E-state index contributed by atoms with van der Waals surface area (Å²) in [5.41, 5.74) is 1.41. The first-order chi connectivity index (χ1) is 7.79. The second-order valence-corrected chi connectivity index (χ2v) is 5.03. The maximum atomic E-state index is 8.86. The fraction of sp³-hybridized carbons (Fsp3) is 0.583. The zero-order valence-corrected chi connectivity index (χ0v) is 10.4. The Kier molecular flexibility index (Phi) is 3.94. The van der Waals surface area contributed by atoms with Crippen molar-refractivity contribution < 1.29 is 0 Å². The molecule has 0 saturated carbocycles. The molecule has 16 heavy (non-hydrogen) atoms. The molecule has 0 N–H and O–H groups in total. The summed E-state index contributed by atoms with van der Waals surface area (Å²) in [4.78, 5) is 4.72. The number of hydrogen-bond acceptors (Lipinski definition) is 4. The summed E-state index contributed by atoms with van der Waals surface area (Å²) in [5.74, 6) is 0. The molecule has 2 rings (SSSR count). The molecule has 1 saturated heterocycles. The second kappa shape index (κ2) is 5.44. The molecule has 1 aliphatic heterocycles. The molecule has 1 aromatic rings. The molecular formula is C12H17N3S. The highest BCUT2D eigenvalue weighted by Gasteiger charge is 2.20. The molecule has 0 aromatic carbocycles. The molecule has 4 heteroatoms. The fourth-order valence-corrected chi connectivity index (χ4v) is 2.69. The van der Waals surface area contributed by atoms with Gasteiger partial charge in [0.1, 0.15) is 0 Å². The highest BCUT2D eigenvalue weighted by molar-refractivity contribution is 7.07. The Labute approximate surface area is 101 Å². The molecule has 3 nitrogen and oxygen atoms in total. The summed E-state index contributed by atoms with van der Waals surface area (Å²) in [6, 6.07) is 4.55. The van der Waals surface area contributed by atoms with Crippen LogP contribution in [0.3, 0.4) is 0 Å². The van der Waals surface area contributed by atoms with E-state index in [0.717, 1.165) is 32.7 Å². The van der Waals surface area contributed by atoms with E-state index in [0.29, 0.717) is 0 Å². The van der Waals surface area contributed by atoms with Crippen LogP contribution < -0.4 is 0 Å². The summed E-state index contributed by atoms with van der Waals surface area (Å²) in [6.45, 7) is 7.20. The van der Waals surface area contributed by atoms with E-state index in [2.05, 4.69) is 32.7 Å². The molecule has 0 spiro atoms. The lowest BCUT2D eigenvalue weighted by Gasteiger charge is -2.35. The number of thiophene rings is 1. The van der Waals surface area contributed by atoms with E-state index in [-0.39, 0.29) is 6.04 Å². The molecule has 1 fully saturated rings. The predicted molar refractivity (Wildman–Crippen MR) is 66.2 cm³/mol. The third-order valence-electron chi connectivity index (χ3n) is 3.13. The molecule has 1 aliphatic rings. The maximum Gasteiger partial charge on any atom is 0.0950 e. The maximum absolute atomic E-state index is 8.86. The van der Waals surface area contributed by atoms with Crippen LogP contribution in [0.15, 0.2) is 16.8 Å². The summed E-state index contributed by atoms with van der Waals surface area (Å²) in [5, 5.41) is 13.2. The van der Waals surface area contributed by atoms with Gasteiger partial charge in [0, 0.05) is 32.7 Å². The van der Waals surface area contributed by atoms with Gasteiger partial charge in [-0.1, -0.05) is 0 Å². The minimum atomic E-state index is 0.0586. The van der Waals surface area contributed by atoms with Crippen LogP contribution in [-0.2, 0) is 6.54 Å². The van der Waals surface area contributed by atoms with E-state index < -0.39 is 0 Å². The molecule has 0 aliphatic carbocycles. The van der Waals surface area contributed by atoms with Crippen LogP contribution in [0.2, 0.25) is 0 Å². The summed E-state index contributed by atoms with van der Waals surface area (Å²) < 4.78 is 0. The normalized spacial score (nSPS) is 20.5. The number of hydrogen-bond donors (Lipinski definition) is 0. The van der Waals surface area contributed by atoms with Crippen LogP contribution in [-0.4, -0.2) is 42.0 Å². The molecule has 1 unspecified atom stereocenters. The monoisotopic (exact) mass is 235 g/mol. The lowest BCUT2D eigenvalue weighted by Crippen LogP contribution is -2.48.